The molecule has 82 valence electrons. The van der Waals surface area contributed by atoms with E-state index < -0.39 is 0 Å². The van der Waals surface area contributed by atoms with Crippen molar-refractivity contribution in [3.05, 3.63) is 0 Å². The third-order valence-corrected chi connectivity index (χ3v) is 3.57. The number of nitrogens with zero attached hydrogens (tertiary/aromatic N) is 2. The molecule has 0 aromatic rings. The highest BCUT2D eigenvalue weighted by Crippen LogP contribution is 2.12. The Bertz CT molecular complexity index is 179. The van der Waals surface area contributed by atoms with E-state index in [2.05, 4.69) is 29.1 Å². The highest BCUT2D eigenvalue weighted by Gasteiger charge is 2.24. The van der Waals surface area contributed by atoms with Crippen LogP contribution in [0.5, 0.6) is 0 Å². The Kier molecular flexibility index (Phi) is 3.42. The molecule has 2 unspecified atom stereocenters. The second-order valence-corrected chi connectivity index (χ2v) is 4.90. The summed E-state index contributed by atoms with van der Waals surface area (Å²) in [7, 11) is 2.24. The van der Waals surface area contributed by atoms with Gasteiger partial charge in [0, 0.05) is 25.2 Å². The van der Waals surface area contributed by atoms with Gasteiger partial charge in [-0.05, 0) is 46.4 Å². The van der Waals surface area contributed by atoms with E-state index >= 15 is 0 Å². The zero-order chi connectivity index (χ0) is 9.97. The maximum Gasteiger partial charge on any atom is 0.0207 e. The molecule has 2 heterocycles. The molecular weight excluding hydrogens is 174 g/mol. The van der Waals surface area contributed by atoms with Crippen molar-refractivity contribution in [2.24, 2.45) is 0 Å². The molecule has 0 bridgehead atoms. The minimum atomic E-state index is 0.727. The molecule has 1 N–H and O–H groups in total. The van der Waals surface area contributed by atoms with Gasteiger partial charge in [0.2, 0.25) is 0 Å². The first-order chi connectivity index (χ1) is 6.75. The summed E-state index contributed by atoms with van der Waals surface area (Å²) in [4.78, 5) is 5.11. The van der Waals surface area contributed by atoms with E-state index in [4.69, 9.17) is 0 Å². The molecule has 0 aromatic carbocycles. The molecule has 0 amide bonds. The van der Waals surface area contributed by atoms with Gasteiger partial charge in [-0.15, -0.1) is 0 Å². The number of hydrogen-bond acceptors (Lipinski definition) is 3. The van der Waals surface area contributed by atoms with Crippen LogP contribution in [0.3, 0.4) is 0 Å². The lowest BCUT2D eigenvalue weighted by Crippen LogP contribution is -2.52. The van der Waals surface area contributed by atoms with Crippen molar-refractivity contribution in [2.45, 2.75) is 31.8 Å². The smallest absolute Gasteiger partial charge is 0.0207 e. The highest BCUT2D eigenvalue weighted by molar-refractivity contribution is 4.84. The minimum Gasteiger partial charge on any atom is -0.313 e. The van der Waals surface area contributed by atoms with Crippen LogP contribution in [0, 0.1) is 0 Å². The highest BCUT2D eigenvalue weighted by atomic mass is 15.2. The van der Waals surface area contributed by atoms with Crippen molar-refractivity contribution in [3.63, 3.8) is 0 Å². The number of rotatable bonds is 2. The summed E-state index contributed by atoms with van der Waals surface area (Å²) in [5, 5.41) is 3.49. The average Bonchev–Trinajstić information content (AvgIpc) is 2.20. The Morgan fingerprint density at radius 1 is 1.36 bits per heavy atom. The van der Waals surface area contributed by atoms with Crippen LogP contribution < -0.4 is 5.32 Å². The van der Waals surface area contributed by atoms with Crippen molar-refractivity contribution in [1.82, 2.24) is 15.1 Å². The zero-order valence-electron chi connectivity index (χ0n) is 9.50. The Labute approximate surface area is 87.4 Å². The van der Waals surface area contributed by atoms with Gasteiger partial charge in [0.1, 0.15) is 0 Å². The van der Waals surface area contributed by atoms with Crippen molar-refractivity contribution in [3.8, 4) is 0 Å². The molecule has 2 rings (SSSR count). The zero-order valence-corrected chi connectivity index (χ0v) is 9.50. The number of nitrogens with one attached hydrogen (secondary N) is 1. The van der Waals surface area contributed by atoms with E-state index in [-0.39, 0.29) is 0 Å². The van der Waals surface area contributed by atoms with Gasteiger partial charge < -0.3 is 10.2 Å². The van der Waals surface area contributed by atoms with Crippen LogP contribution in [-0.4, -0.2) is 61.7 Å². The van der Waals surface area contributed by atoms with Crippen LogP contribution >= 0.6 is 0 Å². The van der Waals surface area contributed by atoms with Gasteiger partial charge in [0.05, 0.1) is 0 Å². The fourth-order valence-electron chi connectivity index (χ4n) is 2.48. The molecule has 0 aliphatic carbocycles. The van der Waals surface area contributed by atoms with E-state index in [1.165, 1.54) is 45.6 Å². The van der Waals surface area contributed by atoms with Crippen molar-refractivity contribution in [2.75, 3.05) is 39.8 Å². The summed E-state index contributed by atoms with van der Waals surface area (Å²) in [5.74, 6) is 0. The second kappa shape index (κ2) is 4.60. The summed E-state index contributed by atoms with van der Waals surface area (Å²) in [5.41, 5.74) is 0. The first-order valence-electron chi connectivity index (χ1n) is 5.91. The molecule has 2 aliphatic rings. The van der Waals surface area contributed by atoms with Crippen LogP contribution in [0.15, 0.2) is 0 Å². The standard InChI is InChI=1S/C11H23N3/c1-10-8-13(2)6-3-7-14(10)9-11-4-5-12-11/h10-12H,3-9H2,1-2H3. The molecule has 3 heteroatoms. The third kappa shape index (κ3) is 2.47. The average molecular weight is 197 g/mol. The predicted molar refractivity (Wildman–Crippen MR) is 59.6 cm³/mol. The van der Waals surface area contributed by atoms with Crippen molar-refractivity contribution < 1.29 is 0 Å². The number of likely N-dealkylation sites (N-methyl/N-ethyl adjacent to an activating group) is 1. The van der Waals surface area contributed by atoms with Gasteiger partial charge in [-0.25, -0.2) is 0 Å². The fraction of sp³-hybridized carbons (Fsp3) is 1.00. The molecule has 3 nitrogen and oxygen atoms in total. The molecule has 0 saturated carbocycles. The second-order valence-electron chi connectivity index (χ2n) is 4.90. The summed E-state index contributed by atoms with van der Waals surface area (Å²) in [6, 6.07) is 1.51. The molecule has 2 saturated heterocycles. The minimum absolute atomic E-state index is 0.727. The van der Waals surface area contributed by atoms with Gasteiger partial charge in [-0.2, -0.15) is 0 Å². The summed E-state index contributed by atoms with van der Waals surface area (Å²) in [6.07, 6.45) is 2.70. The normalized spacial score (nSPS) is 36.4. The maximum atomic E-state index is 3.49. The Balaban J connectivity index is 1.82. The Morgan fingerprint density at radius 3 is 2.79 bits per heavy atom. The predicted octanol–water partition coefficient (Wildman–Crippen LogP) is 0.374. The lowest BCUT2D eigenvalue weighted by Gasteiger charge is -2.36. The first-order valence-corrected chi connectivity index (χ1v) is 5.91. The lowest BCUT2D eigenvalue weighted by molar-refractivity contribution is 0.162. The maximum absolute atomic E-state index is 3.49. The molecule has 2 atom stereocenters. The van der Waals surface area contributed by atoms with Crippen LogP contribution in [0.1, 0.15) is 19.8 Å². The molecule has 0 spiro atoms. The van der Waals surface area contributed by atoms with E-state index in [0.717, 1.165) is 12.1 Å². The van der Waals surface area contributed by atoms with E-state index in [9.17, 15) is 0 Å². The van der Waals surface area contributed by atoms with Crippen LogP contribution in [0.2, 0.25) is 0 Å². The van der Waals surface area contributed by atoms with E-state index in [1.807, 2.05) is 0 Å². The first kappa shape index (κ1) is 10.4. The topological polar surface area (TPSA) is 18.5 Å². The van der Waals surface area contributed by atoms with Gasteiger partial charge >= 0.3 is 0 Å². The third-order valence-electron chi connectivity index (χ3n) is 3.57. The van der Waals surface area contributed by atoms with Gasteiger partial charge in [0.15, 0.2) is 0 Å². The number of hydrogen-bond donors (Lipinski definition) is 1. The summed E-state index contributed by atoms with van der Waals surface area (Å²) >= 11 is 0. The van der Waals surface area contributed by atoms with E-state index in [0.29, 0.717) is 0 Å². The Morgan fingerprint density at radius 2 is 2.14 bits per heavy atom. The van der Waals surface area contributed by atoms with E-state index in [1.54, 1.807) is 0 Å². The molecule has 0 aromatic heterocycles. The van der Waals surface area contributed by atoms with Crippen molar-refractivity contribution in [1.29, 1.82) is 0 Å². The lowest BCUT2D eigenvalue weighted by atomic mass is 10.1. The summed E-state index contributed by atoms with van der Waals surface area (Å²) < 4.78 is 0. The quantitative estimate of drug-likeness (QED) is 0.690. The monoisotopic (exact) mass is 197 g/mol. The van der Waals surface area contributed by atoms with Gasteiger partial charge in [-0.3, -0.25) is 4.90 Å². The fourth-order valence-corrected chi connectivity index (χ4v) is 2.48. The summed E-state index contributed by atoms with van der Waals surface area (Å²) in [6.45, 7) is 8.62. The van der Waals surface area contributed by atoms with Crippen molar-refractivity contribution >= 4 is 0 Å². The largest absolute Gasteiger partial charge is 0.313 e. The molecule has 14 heavy (non-hydrogen) atoms. The Hall–Kier alpha value is -0.120. The SMILES string of the molecule is CC1CN(C)CCCN1CC1CCN1. The van der Waals surface area contributed by atoms with Gasteiger partial charge in [0.25, 0.3) is 0 Å². The molecule has 2 aliphatic heterocycles. The molecule has 2 fully saturated rings. The van der Waals surface area contributed by atoms with Crippen LogP contribution in [-0.2, 0) is 0 Å². The molecule has 0 radical (unpaired) electrons. The molecular formula is C11H23N3. The van der Waals surface area contributed by atoms with Gasteiger partial charge in [-0.1, -0.05) is 0 Å². The van der Waals surface area contributed by atoms with Crippen LogP contribution in [0.25, 0.3) is 0 Å². The van der Waals surface area contributed by atoms with Crippen LogP contribution in [0.4, 0.5) is 0 Å².